The first kappa shape index (κ1) is 39.2. The van der Waals surface area contributed by atoms with Gasteiger partial charge in [0.15, 0.2) is 0 Å². The molecule has 0 atom stereocenters. The Hall–Kier alpha value is -5.92. The van der Waals surface area contributed by atoms with Crippen molar-refractivity contribution >= 4 is 50.8 Å². The summed E-state index contributed by atoms with van der Waals surface area (Å²) in [7, 11) is 0. The zero-order valence-electron chi connectivity index (χ0n) is 33.9. The van der Waals surface area contributed by atoms with Crippen LogP contribution in [-0.2, 0) is 26.5 Å². The minimum Gasteiger partial charge on any atom is -0.333 e. The second-order valence-electron chi connectivity index (χ2n) is 16.2. The first-order valence-corrected chi connectivity index (χ1v) is 26.5. The Balaban J connectivity index is 0.000000146. The zero-order valence-corrected chi connectivity index (χ0v) is 38.4. The third-order valence-corrected chi connectivity index (χ3v) is 24.0. The van der Waals surface area contributed by atoms with Gasteiger partial charge in [-0.3, -0.25) is 4.98 Å². The van der Waals surface area contributed by atoms with Gasteiger partial charge in [0.1, 0.15) is 0 Å². The van der Waals surface area contributed by atoms with Crippen molar-refractivity contribution in [2.75, 3.05) is 0 Å². The summed E-state index contributed by atoms with van der Waals surface area (Å²) in [6, 6.07) is 61.4. The first-order valence-electron chi connectivity index (χ1n) is 21.0. The molecule has 10 aromatic rings. The predicted octanol–water partition coefficient (Wildman–Crippen LogP) is 13.0. The van der Waals surface area contributed by atoms with Crippen LogP contribution in [-0.4, -0.2) is 32.8 Å². The molecule has 12 rings (SSSR count). The zero-order chi connectivity index (χ0) is 40.0. The predicted molar refractivity (Wildman–Crippen MR) is 247 cm³/mol. The first-order chi connectivity index (χ1) is 29.6. The van der Waals surface area contributed by atoms with Gasteiger partial charge in [0, 0.05) is 25.8 Å². The normalized spacial score (nSPS) is 13.9. The molecule has 61 heavy (non-hydrogen) atoms. The molecular weight excluding hydrogens is 985 g/mol. The maximum absolute atomic E-state index is 6.16. The number of pyridine rings is 2. The number of fused-ring (bicyclic) bond motifs is 6. The van der Waals surface area contributed by atoms with Crippen molar-refractivity contribution in [1.82, 2.24) is 19.5 Å². The molecule has 2 aliphatic heterocycles. The van der Waals surface area contributed by atoms with Crippen LogP contribution >= 0.6 is 0 Å². The van der Waals surface area contributed by atoms with Gasteiger partial charge in [-0.25, -0.2) is 0 Å². The van der Waals surface area contributed by atoms with Gasteiger partial charge >= 0.3 is 161 Å². The second-order valence-corrected chi connectivity index (χ2v) is 25.9. The van der Waals surface area contributed by atoms with E-state index in [1.54, 1.807) is 9.96 Å². The van der Waals surface area contributed by atoms with E-state index in [-0.39, 0.29) is 20.1 Å². The third kappa shape index (κ3) is 7.27. The van der Waals surface area contributed by atoms with Gasteiger partial charge in [0.25, 0.3) is 0 Å². The minimum absolute atomic E-state index is 0. The summed E-state index contributed by atoms with van der Waals surface area (Å²) >= 11 is -1.77. The molecule has 0 unspecified atom stereocenters. The fourth-order valence-electron chi connectivity index (χ4n) is 9.64. The van der Waals surface area contributed by atoms with Crippen LogP contribution in [0.1, 0.15) is 24.1 Å². The van der Waals surface area contributed by atoms with E-state index in [2.05, 4.69) is 143 Å². The van der Waals surface area contributed by atoms with E-state index >= 15 is 0 Å². The van der Waals surface area contributed by atoms with Gasteiger partial charge < -0.3 is 4.57 Å². The SMILES string of the molecule is Cc1ccc2c(n1)oc1c(-c3cc4[c](cn3)[Ge]3([CH2]CC[CH2]3)[CH2]C4)[c-]ccc12.[Ir].[c-]1ccccc1-c1nc2ccccc2n1-c1cccc(-c2cccc(-c3ccccc3)c2)c1. The number of aromatic nitrogens is 4. The number of benzene rings is 6. The average molecular weight is 1030 g/mol. The van der Waals surface area contributed by atoms with Crippen molar-refractivity contribution in [2.24, 2.45) is 0 Å². The Morgan fingerprint density at radius 1 is 0.639 bits per heavy atom. The molecule has 0 aliphatic carbocycles. The Morgan fingerprint density at radius 2 is 1.39 bits per heavy atom. The molecule has 1 spiro atoms. The van der Waals surface area contributed by atoms with Crippen LogP contribution in [0.25, 0.3) is 83.7 Å². The molecule has 2 aliphatic rings. The van der Waals surface area contributed by atoms with Gasteiger partial charge in [-0.15, -0.1) is 35.9 Å². The largest absolute Gasteiger partial charge is 0.333 e. The molecule has 0 saturated carbocycles. The van der Waals surface area contributed by atoms with Gasteiger partial charge in [-0.05, 0) is 52.6 Å². The van der Waals surface area contributed by atoms with Gasteiger partial charge in [-0.2, -0.15) is 0 Å². The Morgan fingerprint density at radius 3 is 2.23 bits per heavy atom. The fraction of sp³-hybridized carbons (Fsp3) is 0.130. The number of furan rings is 1. The van der Waals surface area contributed by atoms with Crippen molar-refractivity contribution in [1.29, 1.82) is 0 Å². The molecule has 4 aromatic heterocycles. The Kier molecular flexibility index (Phi) is 10.6. The molecule has 0 bridgehead atoms. The van der Waals surface area contributed by atoms with Crippen molar-refractivity contribution in [3.05, 3.63) is 187 Å². The summed E-state index contributed by atoms with van der Waals surface area (Å²) in [5, 5.41) is 6.67. The summed E-state index contributed by atoms with van der Waals surface area (Å²) in [5.74, 6) is 0.895. The van der Waals surface area contributed by atoms with E-state index in [1.807, 2.05) is 49.4 Å². The summed E-state index contributed by atoms with van der Waals surface area (Å²) in [5.41, 5.74) is 14.9. The number of nitrogens with zero attached hydrogens (tertiary/aromatic N) is 4. The number of aryl methyl sites for hydroxylation is 2. The number of hydrogen-bond acceptors (Lipinski definition) is 4. The summed E-state index contributed by atoms with van der Waals surface area (Å²) in [6.07, 6.45) is 6.36. The molecule has 0 N–H and O–H groups in total. The van der Waals surface area contributed by atoms with Crippen molar-refractivity contribution in [2.45, 2.75) is 41.9 Å². The quantitative estimate of drug-likeness (QED) is 0.127. The van der Waals surface area contributed by atoms with E-state index in [4.69, 9.17) is 14.4 Å². The van der Waals surface area contributed by atoms with E-state index in [0.717, 1.165) is 61.4 Å². The fourth-order valence-corrected chi connectivity index (χ4v) is 20.9. The standard InChI is InChI=1S/C31H21N2.C23H21GeN2O.Ir/c1-3-11-23(12-4-1)25-15-9-16-26(21-25)27-17-10-18-28(22-27)33-30-20-8-7-19-29(30)32-31(33)24-13-5-2-6-14-24;1-15-7-8-18-17-5-4-6-19(22(17)27-23(18)26-15)21-13-16-9-12-24(10-2-3-11-24)20(16)14-25-21;/h1-13,15-22H;4-5,7-8,13-14H,2-3,9-12H2,1H3;/q2*-1;. The van der Waals surface area contributed by atoms with Crippen LogP contribution in [0.3, 0.4) is 0 Å². The van der Waals surface area contributed by atoms with Crippen molar-refractivity contribution < 1.29 is 24.5 Å². The molecule has 1 saturated heterocycles. The molecule has 7 heteroatoms. The van der Waals surface area contributed by atoms with E-state index in [0.29, 0.717) is 5.71 Å². The Labute approximate surface area is 372 Å². The maximum Gasteiger partial charge on any atom is 0.0774 e. The molecule has 5 nitrogen and oxygen atoms in total. The Bertz CT molecular complexity index is 3190. The molecular formula is C54H42GeIrN4O-2. The van der Waals surface area contributed by atoms with E-state index < -0.39 is 13.3 Å². The molecule has 299 valence electrons. The van der Waals surface area contributed by atoms with Crippen LogP contribution in [0.4, 0.5) is 0 Å². The van der Waals surface area contributed by atoms with Gasteiger partial charge in [0.2, 0.25) is 0 Å². The smallest absolute Gasteiger partial charge is 0.0774 e. The molecule has 6 aromatic carbocycles. The molecule has 6 heterocycles. The summed E-state index contributed by atoms with van der Waals surface area (Å²) < 4.78 is 10.1. The van der Waals surface area contributed by atoms with Crippen LogP contribution in [0.2, 0.25) is 15.8 Å². The minimum atomic E-state index is -1.77. The van der Waals surface area contributed by atoms with Gasteiger partial charge in [0.05, 0.1) is 16.9 Å². The average Bonchev–Trinajstić information content (AvgIpc) is 4.12. The van der Waals surface area contributed by atoms with Crippen LogP contribution in [0.15, 0.2) is 168 Å². The third-order valence-electron chi connectivity index (χ3n) is 12.6. The van der Waals surface area contributed by atoms with E-state index in [1.165, 1.54) is 57.3 Å². The summed E-state index contributed by atoms with van der Waals surface area (Å²) in [4.78, 5) is 14.4. The number of para-hydroxylation sites is 2. The number of imidazole rings is 1. The molecule has 1 fully saturated rings. The van der Waals surface area contributed by atoms with Crippen molar-refractivity contribution in [3.8, 4) is 50.6 Å². The molecule has 1 radical (unpaired) electrons. The van der Waals surface area contributed by atoms with Crippen LogP contribution in [0.5, 0.6) is 0 Å². The second kappa shape index (κ2) is 16.5. The van der Waals surface area contributed by atoms with E-state index in [9.17, 15) is 0 Å². The molecule has 0 amide bonds. The maximum atomic E-state index is 6.16. The topological polar surface area (TPSA) is 56.7 Å². The van der Waals surface area contributed by atoms with Crippen LogP contribution in [0, 0.1) is 19.1 Å². The van der Waals surface area contributed by atoms with Crippen molar-refractivity contribution in [3.63, 3.8) is 0 Å². The number of rotatable bonds is 5. The van der Waals surface area contributed by atoms with Gasteiger partial charge in [-0.1, -0.05) is 72.8 Å². The van der Waals surface area contributed by atoms with Crippen LogP contribution < -0.4 is 4.40 Å². The summed E-state index contributed by atoms with van der Waals surface area (Å²) in [6.45, 7) is 1.99. The monoisotopic (exact) mass is 1030 g/mol. The number of hydrogen-bond donors (Lipinski definition) is 0.